The monoisotopic (exact) mass is 652 g/mol. The molecule has 0 saturated carbocycles. The lowest BCUT2D eigenvalue weighted by molar-refractivity contribution is -0.765. The Labute approximate surface area is 257 Å². The van der Waals surface area contributed by atoms with E-state index >= 15 is 0 Å². The molecule has 0 radical (unpaired) electrons. The molecular weight excluding hydrogens is 622 g/mol. The maximum absolute atomic E-state index is 13.2. The van der Waals surface area contributed by atoms with Gasteiger partial charge < -0.3 is 42.9 Å². The van der Waals surface area contributed by atoms with Gasteiger partial charge in [-0.05, 0) is 13.8 Å². The van der Waals surface area contributed by atoms with Gasteiger partial charge in [-0.1, -0.05) is 5.16 Å². The van der Waals surface area contributed by atoms with Gasteiger partial charge in [0, 0.05) is 35.8 Å². The highest BCUT2D eigenvalue weighted by Crippen LogP contribution is 2.40. The lowest BCUT2D eigenvalue weighted by Gasteiger charge is -2.49. The van der Waals surface area contributed by atoms with Gasteiger partial charge in [0.05, 0.1) is 7.05 Å². The molecule has 2 aromatic heterocycles. The lowest BCUT2D eigenvalue weighted by Crippen LogP contribution is -2.71. The van der Waals surface area contributed by atoms with Gasteiger partial charge in [-0.15, -0.1) is 21.1 Å². The maximum Gasteiger partial charge on any atom is 0.352 e. The van der Waals surface area contributed by atoms with Crippen LogP contribution in [0, 0.1) is 0 Å². The van der Waals surface area contributed by atoms with Crippen molar-refractivity contribution in [3.8, 4) is 0 Å². The second-order valence-electron chi connectivity index (χ2n) is 10.1. The number of hydrogen-bond donors (Lipinski definition) is 7. The third-order valence-electron chi connectivity index (χ3n) is 6.57. The number of nitrogen functional groups attached to an aromatic ring is 2. The number of amides is 3. The number of oxime groups is 1. The summed E-state index contributed by atoms with van der Waals surface area (Å²) in [5.41, 5.74) is 15.3. The Hall–Kier alpha value is -4.76. The summed E-state index contributed by atoms with van der Waals surface area (Å²) in [5, 5.41) is 27.4. The number of aliphatic carboxylic acids is 2. The van der Waals surface area contributed by atoms with Gasteiger partial charge in [0.2, 0.25) is 29.2 Å². The predicted molar refractivity (Wildman–Crippen MR) is 156 cm³/mol. The van der Waals surface area contributed by atoms with Crippen LogP contribution in [0.2, 0.25) is 0 Å². The Kier molecular flexibility index (Phi) is 9.11. The van der Waals surface area contributed by atoms with Crippen molar-refractivity contribution in [1.29, 1.82) is 0 Å². The molecule has 10 N–H and O–H groups in total. The van der Waals surface area contributed by atoms with Crippen LogP contribution in [-0.4, -0.2) is 93.8 Å². The average Bonchev–Trinajstić information content (AvgIpc) is 3.49. The molecule has 0 spiro atoms. The Morgan fingerprint density at radius 1 is 1.27 bits per heavy atom. The normalized spacial score (nSPS) is 18.4. The van der Waals surface area contributed by atoms with E-state index in [1.807, 2.05) is 0 Å². The number of fused-ring (bicyclic) bond motifs is 1. The minimum absolute atomic E-state index is 0.00148. The van der Waals surface area contributed by atoms with Gasteiger partial charge in [0.1, 0.15) is 17.1 Å². The Morgan fingerprint density at radius 3 is 2.57 bits per heavy atom. The molecule has 19 nitrogen and oxygen atoms in total. The van der Waals surface area contributed by atoms with E-state index in [9.17, 15) is 34.2 Å². The zero-order chi connectivity index (χ0) is 32.5. The first kappa shape index (κ1) is 32.2. The summed E-state index contributed by atoms with van der Waals surface area (Å²) in [6.45, 7) is 2.60. The summed E-state index contributed by atoms with van der Waals surface area (Å²) < 4.78 is 7.03. The van der Waals surface area contributed by atoms with Gasteiger partial charge in [0.25, 0.3) is 11.8 Å². The molecule has 4 rings (SSSR count). The molecule has 0 aliphatic carbocycles. The van der Waals surface area contributed by atoms with Crippen LogP contribution in [0.1, 0.15) is 26.1 Å². The Morgan fingerprint density at radius 2 is 1.98 bits per heavy atom. The van der Waals surface area contributed by atoms with Gasteiger partial charge in [-0.25, -0.2) is 9.59 Å². The van der Waals surface area contributed by atoms with E-state index in [2.05, 4.69) is 25.1 Å². The second kappa shape index (κ2) is 12.5. The van der Waals surface area contributed by atoms with Gasteiger partial charge in [-0.2, -0.15) is 9.36 Å². The number of thioether (sulfide) groups is 1. The minimum atomic E-state index is -1.81. The molecule has 236 valence electrons. The summed E-state index contributed by atoms with van der Waals surface area (Å²) in [7, 11) is 1.62. The number of carbonyl (C=O) groups is 5. The molecule has 1 fully saturated rings. The van der Waals surface area contributed by atoms with E-state index in [4.69, 9.17) is 22.0 Å². The molecular formula is C23H30N11O8S2+. The highest BCUT2D eigenvalue weighted by molar-refractivity contribution is 8.00. The first-order valence-corrected chi connectivity index (χ1v) is 14.6. The zero-order valence-electron chi connectivity index (χ0n) is 23.6. The van der Waals surface area contributed by atoms with Crippen LogP contribution in [0.25, 0.3) is 0 Å². The van der Waals surface area contributed by atoms with Crippen molar-refractivity contribution in [2.45, 2.75) is 43.8 Å². The van der Waals surface area contributed by atoms with E-state index in [0.29, 0.717) is 11.3 Å². The molecule has 1 saturated heterocycles. The third-order valence-corrected chi connectivity index (χ3v) is 8.45. The lowest BCUT2D eigenvalue weighted by atomic mass is 10.0. The SMILES string of the molecule is Cn1c(N)c(NC(=O)CCN)c[n+]1CC1=C(C(=O)O)N2C(=O)[C@@H](NC(=O)/C(=N/OC(C)(C)C(=O)O)c3nsc(N)n3)[C@H]2SC1. The van der Waals surface area contributed by atoms with E-state index < -0.39 is 46.5 Å². The molecule has 4 heterocycles. The van der Waals surface area contributed by atoms with Crippen LogP contribution in [0.3, 0.4) is 0 Å². The number of aromatic nitrogens is 4. The van der Waals surface area contributed by atoms with Gasteiger partial charge >= 0.3 is 11.9 Å². The number of rotatable bonds is 12. The maximum atomic E-state index is 13.2. The number of carbonyl (C=O) groups excluding carboxylic acids is 3. The fourth-order valence-electron chi connectivity index (χ4n) is 4.13. The molecule has 2 aliphatic rings. The average molecular weight is 653 g/mol. The van der Waals surface area contributed by atoms with E-state index in [0.717, 1.165) is 16.4 Å². The standard InChI is InChI=1S/C23H29N11O8S2/c1-23(2,21(40)41)42-30-12(16-29-22(26)44-31-16)17(36)28-13-18(37)34-14(20(38)39)9(8-43-19(13)34)6-33-7-10(15(25)32(33)3)27-11(35)4-5-24/h7,13,19,25H,4-6,8,24H2,1-3H3,(H6,26,27,28,29,31,35,36,38,39,40,41)/p+1/b30-12+/t13-,19-/m1/s1. The summed E-state index contributed by atoms with van der Waals surface area (Å²) in [6.07, 6.45) is 1.63. The van der Waals surface area contributed by atoms with Crippen molar-refractivity contribution < 1.29 is 43.7 Å². The highest BCUT2D eigenvalue weighted by atomic mass is 32.2. The third kappa shape index (κ3) is 6.28. The number of nitrogens with one attached hydrogen (secondary N) is 2. The van der Waals surface area contributed by atoms with Crippen LogP contribution in [0.4, 0.5) is 16.6 Å². The summed E-state index contributed by atoms with van der Waals surface area (Å²) in [4.78, 5) is 72.3. The smallest absolute Gasteiger partial charge is 0.352 e. The molecule has 3 amide bonds. The molecule has 0 aromatic carbocycles. The number of anilines is 3. The highest BCUT2D eigenvalue weighted by Gasteiger charge is 2.55. The molecule has 2 atom stereocenters. The summed E-state index contributed by atoms with van der Waals surface area (Å²) >= 11 is 1.97. The van der Waals surface area contributed by atoms with Crippen molar-refractivity contribution in [3.63, 3.8) is 0 Å². The van der Waals surface area contributed by atoms with E-state index in [-0.39, 0.29) is 53.6 Å². The molecule has 0 unspecified atom stereocenters. The van der Waals surface area contributed by atoms with Crippen molar-refractivity contribution in [2.24, 2.45) is 17.9 Å². The zero-order valence-corrected chi connectivity index (χ0v) is 25.3. The molecule has 2 aliphatic heterocycles. The van der Waals surface area contributed by atoms with Crippen LogP contribution < -0.4 is 32.5 Å². The number of β-lactam (4-membered cyclic amide) rings is 1. The largest absolute Gasteiger partial charge is 0.478 e. The van der Waals surface area contributed by atoms with Crippen molar-refractivity contribution >= 4 is 75.3 Å². The topological polar surface area (TPSA) is 287 Å². The van der Waals surface area contributed by atoms with Crippen molar-refractivity contribution in [2.75, 3.05) is 29.1 Å². The minimum Gasteiger partial charge on any atom is -0.478 e. The quantitative estimate of drug-likeness (QED) is 0.0546. The number of hydrogen-bond acceptors (Lipinski definition) is 14. The van der Waals surface area contributed by atoms with Crippen LogP contribution >= 0.6 is 23.3 Å². The summed E-state index contributed by atoms with van der Waals surface area (Å²) in [6, 6.07) is -1.15. The fraction of sp³-hybridized carbons (Fsp3) is 0.435. The number of carboxylic acids is 2. The Balaban J connectivity index is 1.55. The molecule has 44 heavy (non-hydrogen) atoms. The van der Waals surface area contributed by atoms with E-state index in [1.54, 1.807) is 17.9 Å². The Bertz CT molecular complexity index is 1600. The molecule has 21 heteroatoms. The van der Waals surface area contributed by atoms with Crippen molar-refractivity contribution in [1.82, 2.24) is 24.3 Å². The van der Waals surface area contributed by atoms with Crippen LogP contribution in [0.5, 0.6) is 0 Å². The molecule has 2 aromatic rings. The number of carboxylic acid groups (broad SMARTS) is 2. The van der Waals surface area contributed by atoms with E-state index in [1.165, 1.54) is 30.3 Å². The predicted octanol–water partition coefficient (Wildman–Crippen LogP) is -2.36. The molecule has 0 bridgehead atoms. The van der Waals surface area contributed by atoms with Crippen LogP contribution in [-0.2, 0) is 42.4 Å². The number of nitrogens with zero attached hydrogens (tertiary/aromatic N) is 6. The second-order valence-corrected chi connectivity index (χ2v) is 11.9. The summed E-state index contributed by atoms with van der Waals surface area (Å²) in [5.74, 6) is -4.56. The fourth-order valence-corrected chi connectivity index (χ4v) is 5.90. The van der Waals surface area contributed by atoms with Crippen LogP contribution in [0.15, 0.2) is 22.6 Å². The van der Waals surface area contributed by atoms with Gasteiger partial charge in [-0.3, -0.25) is 19.3 Å². The first-order chi connectivity index (χ1) is 20.7. The number of nitrogens with two attached hydrogens (primary N) is 3. The van der Waals surface area contributed by atoms with Crippen molar-refractivity contribution in [3.05, 3.63) is 23.3 Å². The first-order valence-electron chi connectivity index (χ1n) is 12.8. The van der Waals surface area contributed by atoms with Gasteiger partial charge in [0.15, 0.2) is 23.2 Å².